The molecule has 2 aromatic heterocycles. The summed E-state index contributed by atoms with van der Waals surface area (Å²) in [4.78, 5) is 29.6. The summed E-state index contributed by atoms with van der Waals surface area (Å²) in [5.74, 6) is 0.0598. The summed E-state index contributed by atoms with van der Waals surface area (Å²) in [6.07, 6.45) is 2.04. The maximum absolute atomic E-state index is 13.1. The van der Waals surface area contributed by atoms with E-state index in [1.807, 2.05) is 60.0 Å². The molecule has 6 heteroatoms. The first-order valence-corrected chi connectivity index (χ1v) is 10.7. The van der Waals surface area contributed by atoms with Crippen LogP contribution in [-0.2, 0) is 11.2 Å². The highest BCUT2D eigenvalue weighted by molar-refractivity contribution is 9.10. The van der Waals surface area contributed by atoms with Gasteiger partial charge in [-0.3, -0.25) is 14.6 Å². The highest BCUT2D eigenvalue weighted by Crippen LogP contribution is 2.33. The number of hydrogen-bond acceptors (Lipinski definition) is 5. The van der Waals surface area contributed by atoms with Crippen LogP contribution in [0.15, 0.2) is 70.6 Å². The second-order valence-corrected chi connectivity index (χ2v) is 8.58. The molecule has 0 amide bonds. The number of halogens is 1. The molecule has 144 valence electrons. The van der Waals surface area contributed by atoms with Crippen LogP contribution in [0.4, 0.5) is 11.4 Å². The van der Waals surface area contributed by atoms with Crippen molar-refractivity contribution in [1.29, 1.82) is 0 Å². The van der Waals surface area contributed by atoms with E-state index < -0.39 is 0 Å². The van der Waals surface area contributed by atoms with Gasteiger partial charge in [-0.1, -0.05) is 34.1 Å². The Kier molecular flexibility index (Phi) is 5.56. The SMILES string of the molecule is CC(=O)Cc1ccc(Nc2c(C(=O)c3cccs3)cnc3ccc(Br)cc23)cc1. The van der Waals surface area contributed by atoms with Crippen molar-refractivity contribution in [3.05, 3.63) is 86.7 Å². The lowest BCUT2D eigenvalue weighted by atomic mass is 10.0. The summed E-state index contributed by atoms with van der Waals surface area (Å²) in [7, 11) is 0. The fraction of sp³-hybridized carbons (Fsp3) is 0.0870. The molecule has 0 saturated heterocycles. The number of nitrogens with one attached hydrogen (secondary N) is 1. The van der Waals surface area contributed by atoms with E-state index in [9.17, 15) is 9.59 Å². The van der Waals surface area contributed by atoms with Crippen molar-refractivity contribution in [3.8, 4) is 0 Å². The standard InChI is InChI=1S/C23H17BrN2O2S/c1-14(27)11-15-4-7-17(8-5-15)26-22-18-12-16(24)6-9-20(18)25-13-19(22)23(28)21-3-2-10-29-21/h2-10,12-13H,11H2,1H3,(H,25,26). The number of hydrogen-bond donors (Lipinski definition) is 1. The molecular weight excluding hydrogens is 448 g/mol. The minimum Gasteiger partial charge on any atom is -0.354 e. The van der Waals surface area contributed by atoms with Crippen molar-refractivity contribution in [3.63, 3.8) is 0 Å². The van der Waals surface area contributed by atoms with Gasteiger partial charge in [-0.25, -0.2) is 0 Å². The normalized spacial score (nSPS) is 10.8. The maximum atomic E-state index is 13.1. The van der Waals surface area contributed by atoms with Crippen LogP contribution in [0.1, 0.15) is 27.7 Å². The van der Waals surface area contributed by atoms with Crippen LogP contribution in [0.3, 0.4) is 0 Å². The van der Waals surface area contributed by atoms with Crippen LogP contribution in [0.25, 0.3) is 10.9 Å². The molecule has 2 heterocycles. The van der Waals surface area contributed by atoms with E-state index >= 15 is 0 Å². The lowest BCUT2D eigenvalue weighted by Gasteiger charge is -2.14. The number of thiophene rings is 1. The van der Waals surface area contributed by atoms with Crippen LogP contribution < -0.4 is 5.32 Å². The van der Waals surface area contributed by atoms with Crippen LogP contribution in [0, 0.1) is 0 Å². The number of fused-ring (bicyclic) bond motifs is 1. The highest BCUT2D eigenvalue weighted by atomic mass is 79.9. The van der Waals surface area contributed by atoms with Crippen molar-refractivity contribution >= 4 is 61.1 Å². The Balaban J connectivity index is 1.80. The summed E-state index contributed by atoms with van der Waals surface area (Å²) >= 11 is 4.93. The van der Waals surface area contributed by atoms with Gasteiger partial charge < -0.3 is 5.32 Å². The number of Topliss-reactive ketones (excluding diaryl/α,β-unsaturated/α-hetero) is 1. The van der Waals surface area contributed by atoms with E-state index in [2.05, 4.69) is 26.2 Å². The van der Waals surface area contributed by atoms with Crippen LogP contribution in [0.2, 0.25) is 0 Å². The van der Waals surface area contributed by atoms with Gasteiger partial charge in [0.2, 0.25) is 5.78 Å². The van der Waals surface area contributed by atoms with Gasteiger partial charge in [0.1, 0.15) is 5.78 Å². The molecule has 0 atom stereocenters. The Hall–Kier alpha value is -2.83. The Morgan fingerprint density at radius 2 is 1.90 bits per heavy atom. The van der Waals surface area contributed by atoms with Crippen LogP contribution in [-0.4, -0.2) is 16.6 Å². The Labute approximate surface area is 180 Å². The molecule has 4 rings (SSSR count). The van der Waals surface area contributed by atoms with Gasteiger partial charge in [0, 0.05) is 28.2 Å². The number of ketones is 2. The summed E-state index contributed by atoms with van der Waals surface area (Å²) in [6.45, 7) is 1.58. The molecule has 0 unspecified atom stereocenters. The molecule has 4 aromatic rings. The zero-order valence-electron chi connectivity index (χ0n) is 15.6. The Morgan fingerprint density at radius 1 is 1.10 bits per heavy atom. The fourth-order valence-corrected chi connectivity index (χ4v) is 4.19. The summed E-state index contributed by atoms with van der Waals surface area (Å²) in [5, 5.41) is 6.15. The van der Waals surface area contributed by atoms with E-state index in [1.165, 1.54) is 11.3 Å². The zero-order valence-corrected chi connectivity index (χ0v) is 18.0. The molecule has 0 aliphatic heterocycles. The molecule has 0 aliphatic rings. The smallest absolute Gasteiger partial charge is 0.206 e. The average molecular weight is 465 g/mol. The topological polar surface area (TPSA) is 59.1 Å². The van der Waals surface area contributed by atoms with Gasteiger partial charge in [0.15, 0.2) is 0 Å². The number of aromatic nitrogens is 1. The fourth-order valence-electron chi connectivity index (χ4n) is 3.15. The molecule has 1 N–H and O–H groups in total. The Bertz CT molecular complexity index is 1200. The van der Waals surface area contributed by atoms with Crippen molar-refractivity contribution in [2.24, 2.45) is 0 Å². The molecular formula is C23H17BrN2O2S. The molecule has 0 radical (unpaired) electrons. The third kappa shape index (κ3) is 4.28. The number of carbonyl (C=O) groups excluding carboxylic acids is 2. The molecule has 29 heavy (non-hydrogen) atoms. The zero-order chi connectivity index (χ0) is 20.4. The maximum Gasteiger partial charge on any atom is 0.206 e. The average Bonchev–Trinajstić information content (AvgIpc) is 3.24. The second-order valence-electron chi connectivity index (χ2n) is 6.72. The first kappa shape index (κ1) is 19.5. The van der Waals surface area contributed by atoms with Crippen molar-refractivity contribution < 1.29 is 9.59 Å². The predicted octanol–water partition coefficient (Wildman–Crippen LogP) is 6.16. The number of pyridine rings is 1. The molecule has 0 spiro atoms. The summed E-state index contributed by atoms with van der Waals surface area (Å²) < 4.78 is 0.910. The first-order chi connectivity index (χ1) is 14.0. The first-order valence-electron chi connectivity index (χ1n) is 9.03. The van der Waals surface area contributed by atoms with Gasteiger partial charge >= 0.3 is 0 Å². The van der Waals surface area contributed by atoms with E-state index in [4.69, 9.17) is 0 Å². The third-order valence-corrected chi connectivity index (χ3v) is 5.86. The van der Waals surface area contributed by atoms with Crippen LogP contribution >= 0.6 is 27.3 Å². The number of nitrogens with zero attached hydrogens (tertiary/aromatic N) is 1. The molecule has 2 aromatic carbocycles. The quantitative estimate of drug-likeness (QED) is 0.346. The van der Waals surface area contributed by atoms with Gasteiger partial charge in [-0.2, -0.15) is 0 Å². The largest absolute Gasteiger partial charge is 0.354 e. The summed E-state index contributed by atoms with van der Waals surface area (Å²) in [5.41, 5.74) is 3.83. The van der Waals surface area contributed by atoms with Gasteiger partial charge in [-0.15, -0.1) is 11.3 Å². The lowest BCUT2D eigenvalue weighted by Crippen LogP contribution is -2.06. The molecule has 4 nitrogen and oxygen atoms in total. The minimum absolute atomic E-state index is 0.0647. The monoisotopic (exact) mass is 464 g/mol. The molecule has 0 bridgehead atoms. The van der Waals surface area contributed by atoms with Crippen molar-refractivity contribution in [2.75, 3.05) is 5.32 Å². The van der Waals surface area contributed by atoms with Crippen molar-refractivity contribution in [1.82, 2.24) is 4.98 Å². The van der Waals surface area contributed by atoms with Crippen molar-refractivity contribution in [2.45, 2.75) is 13.3 Å². The minimum atomic E-state index is -0.0647. The molecule has 0 aliphatic carbocycles. The van der Waals surface area contributed by atoms with Gasteiger partial charge in [-0.05, 0) is 54.3 Å². The molecule has 0 fully saturated rings. The number of benzene rings is 2. The number of anilines is 2. The molecule has 0 saturated carbocycles. The Morgan fingerprint density at radius 3 is 2.59 bits per heavy atom. The van der Waals surface area contributed by atoms with E-state index in [1.54, 1.807) is 13.1 Å². The van der Waals surface area contributed by atoms with E-state index in [0.29, 0.717) is 22.5 Å². The van der Waals surface area contributed by atoms with Crippen LogP contribution in [0.5, 0.6) is 0 Å². The van der Waals surface area contributed by atoms with Gasteiger partial charge in [0.05, 0.1) is 21.6 Å². The predicted molar refractivity (Wildman–Crippen MR) is 121 cm³/mol. The highest BCUT2D eigenvalue weighted by Gasteiger charge is 2.18. The lowest BCUT2D eigenvalue weighted by molar-refractivity contribution is -0.116. The second kappa shape index (κ2) is 8.27. The number of carbonyl (C=O) groups is 2. The third-order valence-electron chi connectivity index (χ3n) is 4.50. The van der Waals surface area contributed by atoms with E-state index in [0.717, 1.165) is 26.6 Å². The summed E-state index contributed by atoms with van der Waals surface area (Å²) in [6, 6.07) is 17.2. The van der Waals surface area contributed by atoms with Gasteiger partial charge in [0.25, 0.3) is 0 Å². The number of rotatable bonds is 6. The van der Waals surface area contributed by atoms with E-state index in [-0.39, 0.29) is 11.6 Å².